The highest BCUT2D eigenvalue weighted by Gasteiger charge is 2.26. The van der Waals surface area contributed by atoms with Crippen molar-refractivity contribution in [2.45, 2.75) is 25.8 Å². The number of aromatic nitrogens is 4. The van der Waals surface area contributed by atoms with Gasteiger partial charge in [-0.05, 0) is 31.9 Å². The minimum absolute atomic E-state index is 0.0259. The van der Waals surface area contributed by atoms with E-state index in [-0.39, 0.29) is 11.7 Å². The summed E-state index contributed by atoms with van der Waals surface area (Å²) in [4.78, 5) is 35.3. The van der Waals surface area contributed by atoms with Crippen molar-refractivity contribution < 1.29 is 18.4 Å². The van der Waals surface area contributed by atoms with E-state index in [0.717, 1.165) is 30.6 Å². The number of hydrogen-bond donors (Lipinski definition) is 2. The number of aryl methyl sites for hydroxylation is 1. The van der Waals surface area contributed by atoms with E-state index < -0.39 is 5.91 Å². The highest BCUT2D eigenvalue weighted by Crippen LogP contribution is 2.32. The first-order chi connectivity index (χ1) is 18.0. The molecule has 4 aromatic heterocycles. The van der Waals surface area contributed by atoms with Crippen molar-refractivity contribution in [1.29, 1.82) is 0 Å². The number of nitrogens with zero attached hydrogens (tertiary/aromatic N) is 6. The number of nitrogens with two attached hydrogens (primary N) is 1. The summed E-state index contributed by atoms with van der Waals surface area (Å²) in [7, 11) is 0. The molecule has 6 rings (SSSR count). The van der Waals surface area contributed by atoms with Gasteiger partial charge in [-0.3, -0.25) is 9.78 Å². The van der Waals surface area contributed by atoms with Gasteiger partial charge in [0.2, 0.25) is 11.5 Å². The second kappa shape index (κ2) is 9.79. The van der Waals surface area contributed by atoms with Crippen LogP contribution in [0.1, 0.15) is 29.0 Å². The number of piperidine rings is 1. The number of hydrogen-bond acceptors (Lipinski definition) is 11. The van der Waals surface area contributed by atoms with Crippen molar-refractivity contribution in [1.82, 2.24) is 19.9 Å². The van der Waals surface area contributed by atoms with E-state index in [1.165, 1.54) is 6.26 Å². The molecule has 192 valence electrons. The number of carbonyl (C=O) groups excluding carboxylic acids is 1. The van der Waals surface area contributed by atoms with Gasteiger partial charge in [-0.2, -0.15) is 4.98 Å². The van der Waals surface area contributed by atoms with Crippen molar-refractivity contribution in [3.8, 4) is 11.5 Å². The number of anilines is 3. The fourth-order valence-electron chi connectivity index (χ4n) is 4.64. The molecule has 4 aromatic rings. The minimum atomic E-state index is -0.419. The standard InChI is InChI=1S/C25H28N8O4/c1-15-11-16(4-5-27-15)24-29-19(14-36-24)23(34)28-18-12-20-21(30-22(18)33-6-2-3-17(26)13-33)31-25(37-20)32-7-9-35-10-8-32/h4-5,11-12,14,17H,2-3,6-10,13,26H2,1H3,(H,28,34)/t17-/m0/s1. The molecular weight excluding hydrogens is 476 g/mol. The third kappa shape index (κ3) is 4.85. The molecule has 1 atom stereocenters. The first-order valence-corrected chi connectivity index (χ1v) is 12.4. The summed E-state index contributed by atoms with van der Waals surface area (Å²) in [5.41, 5.74) is 9.43. The van der Waals surface area contributed by atoms with Gasteiger partial charge in [0, 0.05) is 55.7 Å². The smallest absolute Gasteiger partial charge is 0.300 e. The van der Waals surface area contributed by atoms with E-state index >= 15 is 0 Å². The van der Waals surface area contributed by atoms with Crippen molar-refractivity contribution in [2.75, 3.05) is 54.5 Å². The van der Waals surface area contributed by atoms with E-state index in [2.05, 4.69) is 25.2 Å². The summed E-state index contributed by atoms with van der Waals surface area (Å²) in [6.45, 7) is 5.90. The van der Waals surface area contributed by atoms with Crippen LogP contribution in [0.25, 0.3) is 22.7 Å². The average Bonchev–Trinajstić information content (AvgIpc) is 3.56. The Morgan fingerprint density at radius 3 is 2.81 bits per heavy atom. The fourth-order valence-corrected chi connectivity index (χ4v) is 4.64. The molecule has 37 heavy (non-hydrogen) atoms. The number of nitrogens with one attached hydrogen (secondary N) is 1. The second-order valence-electron chi connectivity index (χ2n) is 9.30. The van der Waals surface area contributed by atoms with Crippen molar-refractivity contribution in [3.63, 3.8) is 0 Å². The number of pyridine rings is 2. The largest absolute Gasteiger partial charge is 0.444 e. The van der Waals surface area contributed by atoms with Gasteiger partial charge in [0.25, 0.3) is 11.9 Å². The first kappa shape index (κ1) is 23.4. The molecule has 0 bridgehead atoms. The number of fused-ring (bicyclic) bond motifs is 1. The van der Waals surface area contributed by atoms with Crippen LogP contribution in [-0.2, 0) is 4.74 Å². The average molecular weight is 505 g/mol. The molecule has 2 fully saturated rings. The zero-order chi connectivity index (χ0) is 25.4. The predicted octanol–water partition coefficient (Wildman–Crippen LogP) is 2.60. The van der Waals surface area contributed by atoms with Crippen LogP contribution in [0, 0.1) is 6.92 Å². The van der Waals surface area contributed by atoms with Gasteiger partial charge in [0.1, 0.15) is 6.26 Å². The van der Waals surface area contributed by atoms with Crippen LogP contribution in [0.5, 0.6) is 0 Å². The molecular formula is C25H28N8O4. The Labute approximate surface area is 212 Å². The van der Waals surface area contributed by atoms with Crippen LogP contribution in [0.4, 0.5) is 17.5 Å². The fraction of sp³-hybridized carbons (Fsp3) is 0.400. The molecule has 1 amide bonds. The predicted molar refractivity (Wildman–Crippen MR) is 137 cm³/mol. The normalized spacial score (nSPS) is 18.4. The van der Waals surface area contributed by atoms with Crippen LogP contribution in [-0.4, -0.2) is 71.3 Å². The summed E-state index contributed by atoms with van der Waals surface area (Å²) in [5, 5.41) is 2.96. The monoisotopic (exact) mass is 504 g/mol. The zero-order valence-corrected chi connectivity index (χ0v) is 20.5. The molecule has 0 saturated carbocycles. The molecule has 6 heterocycles. The summed E-state index contributed by atoms with van der Waals surface area (Å²) in [5.74, 6) is 0.528. The molecule has 0 unspecified atom stereocenters. The van der Waals surface area contributed by atoms with Crippen LogP contribution in [0.15, 0.2) is 39.5 Å². The molecule has 3 N–H and O–H groups in total. The lowest BCUT2D eigenvalue weighted by molar-refractivity contribution is 0.102. The number of carbonyl (C=O) groups is 1. The highest BCUT2D eigenvalue weighted by atomic mass is 16.5. The second-order valence-corrected chi connectivity index (χ2v) is 9.30. The number of ether oxygens (including phenoxy) is 1. The van der Waals surface area contributed by atoms with Gasteiger partial charge in [-0.25, -0.2) is 9.97 Å². The Balaban J connectivity index is 1.32. The van der Waals surface area contributed by atoms with Gasteiger partial charge in [0.15, 0.2) is 17.1 Å². The SMILES string of the molecule is Cc1cc(-c2nc(C(=O)Nc3cc4oc(N5CCOCC5)nc4nc3N3CCC[C@H](N)C3)co2)ccn1. The Morgan fingerprint density at radius 2 is 2.00 bits per heavy atom. The molecule has 0 radical (unpaired) electrons. The van der Waals surface area contributed by atoms with Crippen molar-refractivity contribution in [3.05, 3.63) is 42.0 Å². The van der Waals surface area contributed by atoms with Crippen molar-refractivity contribution in [2.24, 2.45) is 5.73 Å². The Morgan fingerprint density at radius 1 is 1.14 bits per heavy atom. The van der Waals surface area contributed by atoms with Gasteiger partial charge < -0.3 is 34.4 Å². The number of oxazole rings is 2. The Hall–Kier alpha value is -4.03. The number of morpholine rings is 1. The molecule has 0 spiro atoms. The third-order valence-corrected chi connectivity index (χ3v) is 6.52. The molecule has 0 aliphatic carbocycles. The maximum atomic E-state index is 13.2. The van der Waals surface area contributed by atoms with Crippen LogP contribution < -0.4 is 20.9 Å². The summed E-state index contributed by atoms with van der Waals surface area (Å²) in [6.07, 6.45) is 4.90. The molecule has 12 heteroatoms. The van der Waals surface area contributed by atoms with Crippen molar-refractivity contribution >= 4 is 34.7 Å². The van der Waals surface area contributed by atoms with E-state index in [9.17, 15) is 4.79 Å². The van der Waals surface area contributed by atoms with Gasteiger partial charge >= 0.3 is 0 Å². The maximum absolute atomic E-state index is 13.2. The Bertz CT molecular complexity index is 1430. The minimum Gasteiger partial charge on any atom is -0.444 e. The molecule has 2 aliphatic rings. The van der Waals surface area contributed by atoms with Crippen LogP contribution in [0.2, 0.25) is 0 Å². The lowest BCUT2D eigenvalue weighted by atomic mass is 10.1. The molecule has 0 aromatic carbocycles. The lowest BCUT2D eigenvalue weighted by Gasteiger charge is -2.32. The third-order valence-electron chi connectivity index (χ3n) is 6.52. The van der Waals surface area contributed by atoms with Crippen LogP contribution in [0.3, 0.4) is 0 Å². The lowest BCUT2D eigenvalue weighted by Crippen LogP contribution is -2.43. The van der Waals surface area contributed by atoms with Crippen LogP contribution >= 0.6 is 0 Å². The maximum Gasteiger partial charge on any atom is 0.300 e. The van der Waals surface area contributed by atoms with Gasteiger partial charge in [-0.15, -0.1) is 0 Å². The van der Waals surface area contributed by atoms with E-state index in [4.69, 9.17) is 24.3 Å². The molecule has 12 nitrogen and oxygen atoms in total. The first-order valence-electron chi connectivity index (χ1n) is 12.4. The highest BCUT2D eigenvalue weighted by molar-refractivity contribution is 6.05. The summed E-state index contributed by atoms with van der Waals surface area (Å²) in [6, 6.07) is 5.91. The Kier molecular flexibility index (Phi) is 6.18. The number of rotatable bonds is 5. The van der Waals surface area contributed by atoms with E-state index in [1.807, 2.05) is 17.9 Å². The zero-order valence-electron chi connectivity index (χ0n) is 20.5. The quantitative estimate of drug-likeness (QED) is 0.413. The van der Waals surface area contributed by atoms with Gasteiger partial charge in [-0.1, -0.05) is 0 Å². The molecule has 2 aliphatic heterocycles. The summed E-state index contributed by atoms with van der Waals surface area (Å²) < 4.78 is 17.0. The van der Waals surface area contributed by atoms with E-state index in [1.54, 1.807) is 18.3 Å². The topological polar surface area (TPSA) is 149 Å². The van der Waals surface area contributed by atoms with E-state index in [0.29, 0.717) is 67.5 Å². The van der Waals surface area contributed by atoms with Gasteiger partial charge in [0.05, 0.1) is 18.9 Å². The number of amides is 1. The molecule has 2 saturated heterocycles. The summed E-state index contributed by atoms with van der Waals surface area (Å²) >= 11 is 0.